The molecule has 0 fully saturated rings. The standard InChI is InChI=1S/C19H21FN2O3/c1-25-18-10-5-14(6-11-18)4-9-17(23)13-22-19(24)21-12-15-2-7-16(20)8-3-15/h2-3,5-8,10-11H,4,9,12-13H2,1H3,(H2,21,22,24). The second-order valence-electron chi connectivity index (χ2n) is 5.55. The predicted octanol–water partition coefficient (Wildman–Crippen LogP) is 2.84. The summed E-state index contributed by atoms with van der Waals surface area (Å²) >= 11 is 0. The maximum atomic E-state index is 12.8. The molecule has 2 aromatic rings. The van der Waals surface area contributed by atoms with E-state index in [9.17, 15) is 14.0 Å². The second kappa shape index (κ2) is 9.42. The zero-order valence-corrected chi connectivity index (χ0v) is 14.0. The number of methoxy groups -OCH3 is 1. The highest BCUT2D eigenvalue weighted by atomic mass is 19.1. The smallest absolute Gasteiger partial charge is 0.315 e. The van der Waals surface area contributed by atoms with E-state index in [4.69, 9.17) is 4.74 Å². The van der Waals surface area contributed by atoms with Crippen LogP contribution in [0.3, 0.4) is 0 Å². The Hall–Kier alpha value is -2.89. The number of halogens is 1. The van der Waals surface area contributed by atoms with Crippen LogP contribution in [0.5, 0.6) is 5.75 Å². The Morgan fingerprint density at radius 2 is 1.60 bits per heavy atom. The number of benzene rings is 2. The number of aryl methyl sites for hydroxylation is 1. The summed E-state index contributed by atoms with van der Waals surface area (Å²) in [5, 5.41) is 5.15. The van der Waals surface area contributed by atoms with Gasteiger partial charge in [-0.2, -0.15) is 0 Å². The van der Waals surface area contributed by atoms with Crippen molar-refractivity contribution in [3.05, 3.63) is 65.5 Å². The molecule has 0 aliphatic carbocycles. The first-order chi connectivity index (χ1) is 12.1. The van der Waals surface area contributed by atoms with Crippen LogP contribution in [0.1, 0.15) is 17.5 Å². The molecule has 25 heavy (non-hydrogen) atoms. The average molecular weight is 344 g/mol. The lowest BCUT2D eigenvalue weighted by Gasteiger charge is -2.08. The van der Waals surface area contributed by atoms with E-state index < -0.39 is 6.03 Å². The zero-order valence-electron chi connectivity index (χ0n) is 14.0. The van der Waals surface area contributed by atoms with Crippen LogP contribution in [0.25, 0.3) is 0 Å². The van der Waals surface area contributed by atoms with Crippen LogP contribution in [-0.2, 0) is 17.8 Å². The topological polar surface area (TPSA) is 67.4 Å². The minimum atomic E-state index is -0.429. The molecule has 0 spiro atoms. The second-order valence-corrected chi connectivity index (χ2v) is 5.55. The van der Waals surface area contributed by atoms with E-state index in [2.05, 4.69) is 10.6 Å². The minimum Gasteiger partial charge on any atom is -0.497 e. The molecule has 0 bridgehead atoms. The van der Waals surface area contributed by atoms with Gasteiger partial charge in [0.2, 0.25) is 0 Å². The molecule has 5 nitrogen and oxygen atoms in total. The molecular formula is C19H21FN2O3. The number of ketones is 1. The Balaban J connectivity index is 1.64. The third-order valence-electron chi connectivity index (χ3n) is 3.66. The first-order valence-electron chi connectivity index (χ1n) is 7.97. The van der Waals surface area contributed by atoms with Gasteiger partial charge in [-0.25, -0.2) is 9.18 Å². The molecule has 132 valence electrons. The molecule has 0 radical (unpaired) electrons. The molecule has 0 heterocycles. The van der Waals surface area contributed by atoms with Crippen molar-refractivity contribution in [2.24, 2.45) is 0 Å². The van der Waals surface area contributed by atoms with Crippen LogP contribution < -0.4 is 15.4 Å². The van der Waals surface area contributed by atoms with Crippen molar-refractivity contribution in [2.45, 2.75) is 19.4 Å². The third kappa shape index (κ3) is 6.63. The molecular weight excluding hydrogens is 323 g/mol. The summed E-state index contributed by atoms with van der Waals surface area (Å²) in [5.41, 5.74) is 1.82. The minimum absolute atomic E-state index is 0.0224. The number of hydrogen-bond donors (Lipinski definition) is 2. The van der Waals surface area contributed by atoms with Crippen molar-refractivity contribution in [2.75, 3.05) is 13.7 Å². The zero-order chi connectivity index (χ0) is 18.1. The number of carbonyl (C=O) groups excluding carboxylic acids is 2. The highest BCUT2D eigenvalue weighted by Crippen LogP contribution is 2.12. The van der Waals surface area contributed by atoms with Crippen LogP contribution in [0.2, 0.25) is 0 Å². The van der Waals surface area contributed by atoms with Crippen molar-refractivity contribution >= 4 is 11.8 Å². The number of Topliss-reactive ketones (excluding diaryl/α,β-unsaturated/α-hetero) is 1. The molecule has 0 unspecified atom stereocenters. The summed E-state index contributed by atoms with van der Waals surface area (Å²) in [6.07, 6.45) is 0.965. The predicted molar refractivity (Wildman–Crippen MR) is 93.0 cm³/mol. The van der Waals surface area contributed by atoms with E-state index in [0.717, 1.165) is 16.9 Å². The Labute approximate surface area is 146 Å². The van der Waals surface area contributed by atoms with Crippen LogP contribution in [-0.4, -0.2) is 25.5 Å². The number of rotatable bonds is 8. The fourth-order valence-electron chi connectivity index (χ4n) is 2.19. The average Bonchev–Trinajstić information content (AvgIpc) is 2.64. The fraction of sp³-hybridized carbons (Fsp3) is 0.263. The van der Waals surface area contributed by atoms with Gasteiger partial charge in [0.05, 0.1) is 13.7 Å². The summed E-state index contributed by atoms with van der Waals surface area (Å²) in [4.78, 5) is 23.5. The first-order valence-corrected chi connectivity index (χ1v) is 7.97. The van der Waals surface area contributed by atoms with Crippen molar-refractivity contribution < 1.29 is 18.7 Å². The maximum absolute atomic E-state index is 12.8. The van der Waals surface area contributed by atoms with Crippen LogP contribution in [0.15, 0.2) is 48.5 Å². The normalized spacial score (nSPS) is 10.2. The van der Waals surface area contributed by atoms with E-state index in [1.165, 1.54) is 12.1 Å². The number of urea groups is 1. The number of hydrogen-bond acceptors (Lipinski definition) is 3. The highest BCUT2D eigenvalue weighted by molar-refractivity contribution is 5.85. The van der Waals surface area contributed by atoms with Gasteiger partial charge in [-0.1, -0.05) is 24.3 Å². The van der Waals surface area contributed by atoms with E-state index in [1.807, 2.05) is 24.3 Å². The summed E-state index contributed by atoms with van der Waals surface area (Å²) < 4.78 is 17.9. The van der Waals surface area contributed by atoms with Gasteiger partial charge in [-0.05, 0) is 41.8 Å². The molecule has 6 heteroatoms. The van der Waals surface area contributed by atoms with Gasteiger partial charge < -0.3 is 15.4 Å². The number of carbonyl (C=O) groups is 2. The van der Waals surface area contributed by atoms with Crippen LogP contribution >= 0.6 is 0 Å². The van der Waals surface area contributed by atoms with E-state index in [-0.39, 0.29) is 24.7 Å². The van der Waals surface area contributed by atoms with Crippen molar-refractivity contribution in [1.29, 1.82) is 0 Å². The Morgan fingerprint density at radius 1 is 0.960 bits per heavy atom. The SMILES string of the molecule is COc1ccc(CCC(=O)CNC(=O)NCc2ccc(F)cc2)cc1. The van der Waals surface area contributed by atoms with E-state index >= 15 is 0 Å². The Morgan fingerprint density at radius 3 is 2.24 bits per heavy atom. The quantitative estimate of drug-likeness (QED) is 0.774. The number of ether oxygens (including phenoxy) is 1. The molecule has 0 saturated carbocycles. The lowest BCUT2D eigenvalue weighted by Crippen LogP contribution is -2.38. The number of amides is 2. The summed E-state index contributed by atoms with van der Waals surface area (Å²) in [6, 6.07) is 12.9. The summed E-state index contributed by atoms with van der Waals surface area (Å²) in [5.74, 6) is 0.401. The lowest BCUT2D eigenvalue weighted by atomic mass is 10.1. The van der Waals surface area contributed by atoms with Crippen molar-refractivity contribution in [1.82, 2.24) is 10.6 Å². The van der Waals surface area contributed by atoms with Crippen molar-refractivity contribution in [3.63, 3.8) is 0 Å². The van der Waals surface area contributed by atoms with Gasteiger partial charge >= 0.3 is 6.03 Å². The van der Waals surface area contributed by atoms with Gasteiger partial charge in [-0.3, -0.25) is 4.79 Å². The number of nitrogens with one attached hydrogen (secondary N) is 2. The molecule has 2 N–H and O–H groups in total. The van der Waals surface area contributed by atoms with Gasteiger partial charge in [0.25, 0.3) is 0 Å². The lowest BCUT2D eigenvalue weighted by molar-refractivity contribution is -0.118. The molecule has 0 aliphatic heterocycles. The van der Waals surface area contributed by atoms with E-state index in [1.54, 1.807) is 19.2 Å². The summed E-state index contributed by atoms with van der Waals surface area (Å²) in [7, 11) is 1.60. The largest absolute Gasteiger partial charge is 0.497 e. The molecule has 0 saturated heterocycles. The monoisotopic (exact) mass is 344 g/mol. The highest BCUT2D eigenvalue weighted by Gasteiger charge is 2.06. The first kappa shape index (κ1) is 18.4. The van der Waals surface area contributed by atoms with Gasteiger partial charge in [0, 0.05) is 13.0 Å². The molecule has 0 atom stereocenters. The molecule has 2 rings (SSSR count). The third-order valence-corrected chi connectivity index (χ3v) is 3.66. The fourth-order valence-corrected chi connectivity index (χ4v) is 2.19. The van der Waals surface area contributed by atoms with Crippen molar-refractivity contribution in [3.8, 4) is 5.75 Å². The molecule has 2 amide bonds. The summed E-state index contributed by atoms with van der Waals surface area (Å²) in [6.45, 7) is 0.248. The molecule has 2 aromatic carbocycles. The Kier molecular flexibility index (Phi) is 6.95. The van der Waals surface area contributed by atoms with E-state index in [0.29, 0.717) is 12.8 Å². The Bertz CT molecular complexity index is 700. The van der Waals surface area contributed by atoms with Crippen LogP contribution in [0, 0.1) is 5.82 Å². The molecule has 0 aliphatic rings. The van der Waals surface area contributed by atoms with Gasteiger partial charge in [-0.15, -0.1) is 0 Å². The maximum Gasteiger partial charge on any atom is 0.315 e. The van der Waals surface area contributed by atoms with Gasteiger partial charge in [0.15, 0.2) is 5.78 Å². The van der Waals surface area contributed by atoms with Crippen LogP contribution in [0.4, 0.5) is 9.18 Å². The van der Waals surface area contributed by atoms with Gasteiger partial charge in [0.1, 0.15) is 11.6 Å². The molecule has 0 aromatic heterocycles.